The van der Waals surface area contributed by atoms with Crippen molar-refractivity contribution in [3.8, 4) is 10.4 Å². The standard InChI is InChI=1S/C16H21NS/c1-4-17-13(3)11-14-5-7-15(8-6-14)16-12(2)9-10-18-16/h5-10,13,17H,4,11H2,1-3H3. The third-order valence-electron chi connectivity index (χ3n) is 3.17. The number of hydrogen-bond acceptors (Lipinski definition) is 2. The molecule has 2 aromatic rings. The van der Waals surface area contributed by atoms with Crippen molar-refractivity contribution in [1.29, 1.82) is 0 Å². The Hall–Kier alpha value is -1.12. The van der Waals surface area contributed by atoms with Crippen LogP contribution in [0.5, 0.6) is 0 Å². The average Bonchev–Trinajstić information content (AvgIpc) is 2.77. The van der Waals surface area contributed by atoms with Gasteiger partial charge >= 0.3 is 0 Å². The van der Waals surface area contributed by atoms with Crippen LogP contribution in [-0.4, -0.2) is 12.6 Å². The molecule has 0 aliphatic heterocycles. The van der Waals surface area contributed by atoms with Crippen LogP contribution in [0.3, 0.4) is 0 Å². The van der Waals surface area contributed by atoms with Crippen molar-refractivity contribution in [3.63, 3.8) is 0 Å². The fourth-order valence-electron chi connectivity index (χ4n) is 2.23. The number of nitrogens with one attached hydrogen (secondary N) is 1. The fraction of sp³-hybridized carbons (Fsp3) is 0.375. The summed E-state index contributed by atoms with van der Waals surface area (Å²) in [7, 11) is 0. The first kappa shape index (κ1) is 13.3. The number of aryl methyl sites for hydroxylation is 1. The molecule has 2 heteroatoms. The summed E-state index contributed by atoms with van der Waals surface area (Å²) in [4.78, 5) is 1.39. The highest BCUT2D eigenvalue weighted by Gasteiger charge is 2.05. The Morgan fingerprint density at radius 1 is 1.17 bits per heavy atom. The molecule has 0 aliphatic carbocycles. The molecule has 1 atom stereocenters. The number of hydrogen-bond donors (Lipinski definition) is 1. The van der Waals surface area contributed by atoms with Crippen molar-refractivity contribution in [2.45, 2.75) is 33.2 Å². The maximum Gasteiger partial charge on any atom is 0.0371 e. The summed E-state index contributed by atoms with van der Waals surface area (Å²) in [5, 5.41) is 5.61. The van der Waals surface area contributed by atoms with Crippen LogP contribution in [0.25, 0.3) is 10.4 Å². The molecule has 0 spiro atoms. The molecule has 1 aromatic heterocycles. The van der Waals surface area contributed by atoms with Crippen LogP contribution in [0.4, 0.5) is 0 Å². The first-order valence-electron chi connectivity index (χ1n) is 6.57. The predicted octanol–water partition coefficient (Wildman–Crippen LogP) is 4.26. The van der Waals surface area contributed by atoms with Gasteiger partial charge in [-0.05, 0) is 54.9 Å². The zero-order valence-electron chi connectivity index (χ0n) is 11.4. The predicted molar refractivity (Wildman–Crippen MR) is 81.3 cm³/mol. The van der Waals surface area contributed by atoms with Crippen LogP contribution in [0, 0.1) is 6.92 Å². The van der Waals surface area contributed by atoms with Crippen molar-refractivity contribution >= 4 is 11.3 Å². The molecule has 1 unspecified atom stereocenters. The lowest BCUT2D eigenvalue weighted by Crippen LogP contribution is -2.27. The van der Waals surface area contributed by atoms with E-state index in [2.05, 4.69) is 61.8 Å². The Balaban J connectivity index is 2.08. The lowest BCUT2D eigenvalue weighted by atomic mass is 10.0. The van der Waals surface area contributed by atoms with E-state index >= 15 is 0 Å². The summed E-state index contributed by atoms with van der Waals surface area (Å²) in [6.07, 6.45) is 1.09. The van der Waals surface area contributed by atoms with Gasteiger partial charge in [0.1, 0.15) is 0 Å². The van der Waals surface area contributed by atoms with Gasteiger partial charge in [0.05, 0.1) is 0 Å². The van der Waals surface area contributed by atoms with Crippen LogP contribution in [-0.2, 0) is 6.42 Å². The quantitative estimate of drug-likeness (QED) is 0.846. The van der Waals surface area contributed by atoms with Gasteiger partial charge in [0.2, 0.25) is 0 Å². The Bertz CT molecular complexity index is 484. The highest BCUT2D eigenvalue weighted by molar-refractivity contribution is 7.13. The van der Waals surface area contributed by atoms with E-state index in [1.54, 1.807) is 0 Å². The molecule has 0 bridgehead atoms. The summed E-state index contributed by atoms with van der Waals surface area (Å²) in [6, 6.07) is 11.7. The number of rotatable bonds is 5. The monoisotopic (exact) mass is 259 g/mol. The van der Waals surface area contributed by atoms with Crippen molar-refractivity contribution in [3.05, 3.63) is 46.8 Å². The molecule has 0 saturated carbocycles. The van der Waals surface area contributed by atoms with Crippen molar-refractivity contribution in [2.75, 3.05) is 6.54 Å². The van der Waals surface area contributed by atoms with Crippen LogP contribution in [0.2, 0.25) is 0 Å². The molecule has 0 fully saturated rings. The minimum Gasteiger partial charge on any atom is -0.314 e. The second-order valence-electron chi connectivity index (χ2n) is 4.79. The number of likely N-dealkylation sites (N-methyl/N-ethyl adjacent to an activating group) is 1. The summed E-state index contributed by atoms with van der Waals surface area (Å²) >= 11 is 1.82. The normalized spacial score (nSPS) is 12.6. The molecule has 2 rings (SSSR count). The number of benzene rings is 1. The van der Waals surface area contributed by atoms with Crippen molar-refractivity contribution in [2.24, 2.45) is 0 Å². The molecule has 18 heavy (non-hydrogen) atoms. The van der Waals surface area contributed by atoms with Gasteiger partial charge in [-0.25, -0.2) is 0 Å². The lowest BCUT2D eigenvalue weighted by molar-refractivity contribution is 0.565. The van der Waals surface area contributed by atoms with Crippen LogP contribution in [0.15, 0.2) is 35.7 Å². The van der Waals surface area contributed by atoms with Gasteiger partial charge in [-0.2, -0.15) is 0 Å². The second-order valence-corrected chi connectivity index (χ2v) is 5.71. The molecule has 96 valence electrons. The van der Waals surface area contributed by atoms with Gasteiger partial charge in [-0.3, -0.25) is 0 Å². The third-order valence-corrected chi connectivity index (χ3v) is 4.24. The second kappa shape index (κ2) is 6.17. The van der Waals surface area contributed by atoms with Gasteiger partial charge < -0.3 is 5.32 Å². The first-order chi connectivity index (χ1) is 8.70. The molecule has 0 saturated heterocycles. The van der Waals surface area contributed by atoms with E-state index in [0.29, 0.717) is 6.04 Å². The van der Waals surface area contributed by atoms with Crippen LogP contribution in [0.1, 0.15) is 25.0 Å². The van der Waals surface area contributed by atoms with Gasteiger partial charge in [-0.15, -0.1) is 11.3 Å². The zero-order valence-corrected chi connectivity index (χ0v) is 12.2. The maximum absolute atomic E-state index is 3.45. The Morgan fingerprint density at radius 3 is 2.44 bits per heavy atom. The molecule has 0 aliphatic rings. The van der Waals surface area contributed by atoms with Gasteiger partial charge in [0.25, 0.3) is 0 Å². The summed E-state index contributed by atoms with van der Waals surface area (Å²) in [5.74, 6) is 0. The Labute approximate surface area is 114 Å². The zero-order chi connectivity index (χ0) is 13.0. The van der Waals surface area contributed by atoms with Gasteiger partial charge in [-0.1, -0.05) is 31.2 Å². The highest BCUT2D eigenvalue weighted by Crippen LogP contribution is 2.29. The number of thiophene rings is 1. The Kier molecular flexibility index (Phi) is 4.56. The van der Waals surface area contributed by atoms with Gasteiger partial charge in [0, 0.05) is 10.9 Å². The minimum absolute atomic E-state index is 0.546. The molecule has 1 aromatic carbocycles. The smallest absolute Gasteiger partial charge is 0.0371 e. The molecule has 1 N–H and O–H groups in total. The van der Waals surface area contributed by atoms with Crippen molar-refractivity contribution < 1.29 is 0 Å². The van der Waals surface area contributed by atoms with Gasteiger partial charge in [0.15, 0.2) is 0 Å². The van der Waals surface area contributed by atoms with Crippen LogP contribution < -0.4 is 5.32 Å². The topological polar surface area (TPSA) is 12.0 Å². The average molecular weight is 259 g/mol. The minimum atomic E-state index is 0.546. The molecule has 0 amide bonds. The maximum atomic E-state index is 3.45. The summed E-state index contributed by atoms with van der Waals surface area (Å²) in [6.45, 7) is 7.60. The van der Waals surface area contributed by atoms with E-state index in [1.807, 2.05) is 11.3 Å². The molecule has 1 nitrogen and oxygen atoms in total. The molecular weight excluding hydrogens is 238 g/mol. The van der Waals surface area contributed by atoms with E-state index in [0.717, 1.165) is 13.0 Å². The fourth-order valence-corrected chi connectivity index (χ4v) is 3.17. The highest BCUT2D eigenvalue weighted by atomic mass is 32.1. The molecule has 1 heterocycles. The van der Waals surface area contributed by atoms with Crippen molar-refractivity contribution in [1.82, 2.24) is 5.32 Å². The van der Waals surface area contributed by atoms with E-state index in [4.69, 9.17) is 0 Å². The van der Waals surface area contributed by atoms with Crippen LogP contribution >= 0.6 is 11.3 Å². The summed E-state index contributed by atoms with van der Waals surface area (Å²) in [5.41, 5.74) is 4.11. The first-order valence-corrected chi connectivity index (χ1v) is 7.45. The molecule has 0 radical (unpaired) electrons. The SMILES string of the molecule is CCNC(C)Cc1ccc(-c2sccc2C)cc1. The van der Waals surface area contributed by atoms with E-state index in [1.165, 1.54) is 21.6 Å². The summed E-state index contributed by atoms with van der Waals surface area (Å²) < 4.78 is 0. The largest absolute Gasteiger partial charge is 0.314 e. The van der Waals surface area contributed by atoms with E-state index in [9.17, 15) is 0 Å². The van der Waals surface area contributed by atoms with E-state index < -0.39 is 0 Å². The molecular formula is C16H21NS. The lowest BCUT2D eigenvalue weighted by Gasteiger charge is -2.12. The van der Waals surface area contributed by atoms with E-state index in [-0.39, 0.29) is 0 Å². The third kappa shape index (κ3) is 3.21. The Morgan fingerprint density at radius 2 is 1.89 bits per heavy atom.